The molecule has 2 aromatic heterocycles. The number of furan rings is 1. The van der Waals surface area contributed by atoms with E-state index >= 15 is 0 Å². The highest BCUT2D eigenvalue weighted by atomic mass is 32.1. The van der Waals surface area contributed by atoms with Gasteiger partial charge in [-0.05, 0) is 70.9 Å². The molecule has 3 nitrogen and oxygen atoms in total. The monoisotopic (exact) mass is 516 g/mol. The molecule has 182 valence electrons. The average molecular weight is 516 g/mol. The standard InChI is InChI=1S/C34H21BN2OS/c1-3-12-22(13-4-1)36-26-18-11-19-27-31(26)35(33-32(36)24-16-7-9-20-28(24)38-33)30-25-17-8-10-21-29(25)39-34(30)37(27)23-14-5-2-6-15-23/h1-21H. The highest BCUT2D eigenvalue weighted by molar-refractivity contribution is 7.26. The van der Waals surface area contributed by atoms with Crippen LogP contribution in [0.3, 0.4) is 0 Å². The molecule has 0 bridgehead atoms. The fraction of sp³-hybridized carbons (Fsp3) is 0. The first kappa shape index (κ1) is 21.2. The van der Waals surface area contributed by atoms with Crippen molar-refractivity contribution in [2.75, 3.05) is 9.80 Å². The van der Waals surface area contributed by atoms with Crippen LogP contribution in [-0.4, -0.2) is 6.71 Å². The van der Waals surface area contributed by atoms with Gasteiger partial charge in [0.15, 0.2) is 0 Å². The van der Waals surface area contributed by atoms with Crippen molar-refractivity contribution < 1.29 is 4.42 Å². The van der Waals surface area contributed by atoms with Crippen molar-refractivity contribution in [2.45, 2.75) is 0 Å². The number of para-hydroxylation sites is 3. The highest BCUT2D eigenvalue weighted by Crippen LogP contribution is 2.48. The third-order valence-corrected chi connectivity index (χ3v) is 9.22. The molecule has 0 radical (unpaired) electrons. The van der Waals surface area contributed by atoms with E-state index in [0.29, 0.717) is 0 Å². The first-order chi connectivity index (χ1) is 19.4. The molecule has 0 N–H and O–H groups in total. The molecule has 2 aliphatic rings. The third-order valence-electron chi connectivity index (χ3n) is 8.05. The van der Waals surface area contributed by atoms with Crippen molar-refractivity contribution in [1.82, 2.24) is 0 Å². The van der Waals surface area contributed by atoms with Crippen LogP contribution in [0.15, 0.2) is 132 Å². The zero-order valence-corrected chi connectivity index (χ0v) is 21.7. The molecule has 0 aliphatic carbocycles. The Labute approximate surface area is 230 Å². The number of nitrogens with zero attached hydrogens (tertiary/aromatic N) is 2. The van der Waals surface area contributed by atoms with Gasteiger partial charge in [0.2, 0.25) is 0 Å². The van der Waals surface area contributed by atoms with E-state index in [1.165, 1.54) is 43.1 Å². The van der Waals surface area contributed by atoms with E-state index in [9.17, 15) is 0 Å². The number of hydrogen-bond donors (Lipinski definition) is 0. The Hall–Kier alpha value is -4.74. The molecule has 9 rings (SSSR count). The van der Waals surface area contributed by atoms with E-state index in [1.54, 1.807) is 0 Å². The van der Waals surface area contributed by atoms with Gasteiger partial charge in [0.1, 0.15) is 5.58 Å². The Bertz CT molecular complexity index is 2050. The summed E-state index contributed by atoms with van der Waals surface area (Å²) >= 11 is 1.86. The van der Waals surface area contributed by atoms with Crippen LogP contribution >= 0.6 is 11.3 Å². The molecule has 0 amide bonds. The van der Waals surface area contributed by atoms with E-state index in [-0.39, 0.29) is 6.71 Å². The van der Waals surface area contributed by atoms with Crippen LogP contribution in [0.5, 0.6) is 0 Å². The summed E-state index contributed by atoms with van der Waals surface area (Å²) in [5.41, 5.74) is 10.4. The lowest BCUT2D eigenvalue weighted by atomic mass is 9.35. The number of hydrogen-bond acceptors (Lipinski definition) is 4. The topological polar surface area (TPSA) is 19.6 Å². The predicted octanol–water partition coefficient (Wildman–Crippen LogP) is 7.73. The number of rotatable bonds is 2. The van der Waals surface area contributed by atoms with E-state index in [2.05, 4.69) is 137 Å². The first-order valence-electron chi connectivity index (χ1n) is 13.2. The second-order valence-corrected chi connectivity index (χ2v) is 11.1. The van der Waals surface area contributed by atoms with Crippen molar-refractivity contribution in [2.24, 2.45) is 0 Å². The van der Waals surface area contributed by atoms with Crippen molar-refractivity contribution in [1.29, 1.82) is 0 Å². The van der Waals surface area contributed by atoms with Gasteiger partial charge in [0, 0.05) is 32.8 Å². The van der Waals surface area contributed by atoms with Crippen molar-refractivity contribution in [3.63, 3.8) is 0 Å². The van der Waals surface area contributed by atoms with Crippen LogP contribution in [-0.2, 0) is 0 Å². The van der Waals surface area contributed by atoms with E-state index < -0.39 is 0 Å². The van der Waals surface area contributed by atoms with Crippen LogP contribution in [0, 0.1) is 0 Å². The third kappa shape index (κ3) is 2.83. The highest BCUT2D eigenvalue weighted by Gasteiger charge is 2.47. The van der Waals surface area contributed by atoms with Gasteiger partial charge < -0.3 is 14.2 Å². The molecule has 5 aromatic carbocycles. The summed E-state index contributed by atoms with van der Waals surface area (Å²) in [6.45, 7) is -0.00956. The molecule has 0 atom stereocenters. The number of benzene rings is 5. The molecule has 39 heavy (non-hydrogen) atoms. The molecular formula is C34H21BN2OS. The maximum Gasteiger partial charge on any atom is 0.298 e. The van der Waals surface area contributed by atoms with Crippen molar-refractivity contribution >= 4 is 89.1 Å². The second-order valence-electron chi connectivity index (χ2n) is 10.1. The summed E-state index contributed by atoms with van der Waals surface area (Å²) < 4.78 is 8.14. The van der Waals surface area contributed by atoms with Crippen LogP contribution in [0.25, 0.3) is 21.1 Å². The van der Waals surface area contributed by atoms with Gasteiger partial charge in [-0.1, -0.05) is 72.8 Å². The SMILES string of the molecule is c1ccc(N2c3cccc4c3B(c3oc5ccccc5c3N4c3ccccc3)c3c2sc2ccccc32)cc1. The molecule has 2 aliphatic heterocycles. The summed E-state index contributed by atoms with van der Waals surface area (Å²) in [5.74, 6) is 0. The van der Waals surface area contributed by atoms with Gasteiger partial charge in [0.25, 0.3) is 6.71 Å². The lowest BCUT2D eigenvalue weighted by Crippen LogP contribution is -2.60. The number of thiophene rings is 1. The van der Waals surface area contributed by atoms with Crippen LogP contribution in [0.1, 0.15) is 0 Å². The van der Waals surface area contributed by atoms with Gasteiger partial charge >= 0.3 is 0 Å². The van der Waals surface area contributed by atoms with Gasteiger partial charge in [0.05, 0.1) is 16.3 Å². The number of anilines is 6. The zero-order chi connectivity index (χ0) is 25.5. The van der Waals surface area contributed by atoms with Crippen LogP contribution in [0.4, 0.5) is 33.4 Å². The minimum atomic E-state index is -0.00956. The normalized spacial score (nSPS) is 13.5. The smallest absolute Gasteiger partial charge is 0.298 e. The Balaban J connectivity index is 1.46. The maximum atomic E-state index is 6.85. The quantitative estimate of drug-likeness (QED) is 0.219. The minimum Gasteiger partial charge on any atom is -0.468 e. The number of fused-ring (bicyclic) bond motifs is 8. The van der Waals surface area contributed by atoms with Crippen molar-refractivity contribution in [3.05, 3.63) is 127 Å². The molecule has 5 heteroatoms. The Morgan fingerprint density at radius 2 is 1.15 bits per heavy atom. The fourth-order valence-electron chi connectivity index (χ4n) is 6.52. The lowest BCUT2D eigenvalue weighted by Gasteiger charge is -2.41. The fourth-order valence-corrected chi connectivity index (χ4v) is 7.79. The van der Waals surface area contributed by atoms with Gasteiger partial charge in [-0.2, -0.15) is 0 Å². The minimum absolute atomic E-state index is 0.00956. The summed E-state index contributed by atoms with van der Waals surface area (Å²) in [6, 6.07) is 45.4. The molecule has 0 fully saturated rings. The predicted molar refractivity (Wildman–Crippen MR) is 166 cm³/mol. The summed E-state index contributed by atoms with van der Waals surface area (Å²) in [6.07, 6.45) is 0. The van der Waals surface area contributed by atoms with Gasteiger partial charge in [-0.25, -0.2) is 0 Å². The Morgan fingerprint density at radius 1 is 0.538 bits per heavy atom. The van der Waals surface area contributed by atoms with Gasteiger partial charge in [-0.3, -0.25) is 0 Å². The van der Waals surface area contributed by atoms with Crippen molar-refractivity contribution in [3.8, 4) is 0 Å². The van der Waals surface area contributed by atoms with E-state index in [1.807, 2.05) is 11.3 Å². The van der Waals surface area contributed by atoms with Crippen LogP contribution in [0.2, 0.25) is 0 Å². The molecule has 4 heterocycles. The van der Waals surface area contributed by atoms with E-state index in [4.69, 9.17) is 4.42 Å². The molecule has 0 spiro atoms. The summed E-state index contributed by atoms with van der Waals surface area (Å²) in [5, 5.41) is 3.69. The largest absolute Gasteiger partial charge is 0.468 e. The molecular weight excluding hydrogens is 495 g/mol. The Kier molecular flexibility index (Phi) is 4.29. The Morgan fingerprint density at radius 3 is 1.92 bits per heavy atom. The van der Waals surface area contributed by atoms with Gasteiger partial charge in [-0.15, -0.1) is 11.3 Å². The molecule has 0 unspecified atom stereocenters. The van der Waals surface area contributed by atoms with Crippen LogP contribution < -0.4 is 26.4 Å². The summed E-state index contributed by atoms with van der Waals surface area (Å²) in [7, 11) is 0. The molecule has 0 saturated carbocycles. The maximum absolute atomic E-state index is 6.85. The second kappa shape index (κ2) is 7.89. The molecule has 7 aromatic rings. The zero-order valence-electron chi connectivity index (χ0n) is 20.9. The summed E-state index contributed by atoms with van der Waals surface area (Å²) in [4.78, 5) is 4.85. The van der Waals surface area contributed by atoms with E-state index in [0.717, 1.165) is 28.0 Å². The lowest BCUT2D eigenvalue weighted by molar-refractivity contribution is 0.651. The first-order valence-corrected chi connectivity index (χ1v) is 14.1. The average Bonchev–Trinajstić information content (AvgIpc) is 3.57. The molecule has 0 saturated heterocycles.